The first-order valence-corrected chi connectivity index (χ1v) is 6.83. The van der Waals surface area contributed by atoms with E-state index >= 15 is 0 Å². The van der Waals surface area contributed by atoms with Crippen molar-refractivity contribution in [2.45, 2.75) is 26.0 Å². The van der Waals surface area contributed by atoms with Gasteiger partial charge < -0.3 is 24.6 Å². The number of methoxy groups -OCH3 is 2. The maximum Gasteiger partial charge on any atom is 0.322 e. The third-order valence-corrected chi connectivity index (χ3v) is 3.05. The monoisotopic (exact) mass is 297 g/mol. The number of aliphatic hydroxyl groups excluding tert-OH is 1. The zero-order valence-electron chi connectivity index (χ0n) is 12.9. The van der Waals surface area contributed by atoms with Gasteiger partial charge in [-0.25, -0.2) is 0 Å². The summed E-state index contributed by atoms with van der Waals surface area (Å²) in [5.41, 5.74) is 0.598. The van der Waals surface area contributed by atoms with Gasteiger partial charge in [0, 0.05) is 12.1 Å². The molecular formula is C15H23NO5. The molecule has 0 heterocycles. The van der Waals surface area contributed by atoms with Crippen molar-refractivity contribution in [3.8, 4) is 11.5 Å². The van der Waals surface area contributed by atoms with Crippen LogP contribution in [0, 0.1) is 0 Å². The molecule has 0 spiro atoms. The Labute approximate surface area is 125 Å². The summed E-state index contributed by atoms with van der Waals surface area (Å²) in [6.45, 7) is 3.97. The highest BCUT2D eigenvalue weighted by molar-refractivity contribution is 5.75. The molecule has 0 aromatic heterocycles. The summed E-state index contributed by atoms with van der Waals surface area (Å²) >= 11 is 0. The predicted octanol–water partition coefficient (Wildman–Crippen LogP) is 1.28. The Morgan fingerprint density at radius 1 is 1.33 bits per heavy atom. The second kappa shape index (κ2) is 8.49. The van der Waals surface area contributed by atoms with Crippen LogP contribution in [0.1, 0.15) is 25.5 Å². The van der Waals surface area contributed by atoms with E-state index in [2.05, 4.69) is 5.32 Å². The van der Waals surface area contributed by atoms with Crippen LogP contribution in [-0.4, -0.2) is 44.5 Å². The SMILES string of the molecule is CCOC(=O)C(C)NCC(O)c1cc(OC)ccc1OC. The first kappa shape index (κ1) is 17.3. The van der Waals surface area contributed by atoms with Crippen molar-refractivity contribution in [1.82, 2.24) is 5.32 Å². The van der Waals surface area contributed by atoms with Gasteiger partial charge in [-0.3, -0.25) is 4.79 Å². The van der Waals surface area contributed by atoms with Gasteiger partial charge in [-0.2, -0.15) is 0 Å². The second-order valence-corrected chi connectivity index (χ2v) is 4.51. The molecular weight excluding hydrogens is 274 g/mol. The number of rotatable bonds is 8. The molecule has 0 aliphatic rings. The molecule has 118 valence electrons. The summed E-state index contributed by atoms with van der Waals surface area (Å²) in [5.74, 6) is 0.847. The van der Waals surface area contributed by atoms with Crippen LogP contribution in [0.4, 0.5) is 0 Å². The molecule has 6 heteroatoms. The zero-order valence-corrected chi connectivity index (χ0v) is 12.9. The Bertz CT molecular complexity index is 463. The maximum absolute atomic E-state index is 11.5. The average molecular weight is 297 g/mol. The molecule has 2 unspecified atom stereocenters. The van der Waals surface area contributed by atoms with E-state index in [9.17, 15) is 9.90 Å². The fourth-order valence-electron chi connectivity index (χ4n) is 1.85. The Hall–Kier alpha value is -1.79. The second-order valence-electron chi connectivity index (χ2n) is 4.51. The van der Waals surface area contributed by atoms with Crippen LogP contribution in [0.25, 0.3) is 0 Å². The van der Waals surface area contributed by atoms with E-state index in [1.165, 1.54) is 7.11 Å². The zero-order chi connectivity index (χ0) is 15.8. The lowest BCUT2D eigenvalue weighted by Gasteiger charge is -2.18. The smallest absolute Gasteiger partial charge is 0.322 e. The number of carbonyl (C=O) groups is 1. The molecule has 0 fully saturated rings. The fourth-order valence-corrected chi connectivity index (χ4v) is 1.85. The molecule has 2 atom stereocenters. The number of carbonyl (C=O) groups excluding carboxylic acids is 1. The Morgan fingerprint density at radius 2 is 2.05 bits per heavy atom. The van der Waals surface area contributed by atoms with Gasteiger partial charge in [0.25, 0.3) is 0 Å². The third-order valence-electron chi connectivity index (χ3n) is 3.05. The van der Waals surface area contributed by atoms with Crippen molar-refractivity contribution in [3.05, 3.63) is 23.8 Å². The number of aliphatic hydroxyl groups is 1. The van der Waals surface area contributed by atoms with E-state index in [1.54, 1.807) is 39.2 Å². The summed E-state index contributed by atoms with van der Waals surface area (Å²) in [6.07, 6.45) is -0.827. The van der Waals surface area contributed by atoms with Crippen molar-refractivity contribution in [2.75, 3.05) is 27.4 Å². The van der Waals surface area contributed by atoms with Gasteiger partial charge in [-0.15, -0.1) is 0 Å². The standard InChI is InChI=1S/C15H23NO5/c1-5-21-15(18)10(2)16-9-13(17)12-8-11(19-3)6-7-14(12)20-4/h6-8,10,13,16-17H,5,9H2,1-4H3. The number of ether oxygens (including phenoxy) is 3. The molecule has 1 rings (SSSR count). The Morgan fingerprint density at radius 3 is 2.62 bits per heavy atom. The van der Waals surface area contributed by atoms with Crippen LogP contribution >= 0.6 is 0 Å². The van der Waals surface area contributed by atoms with Crippen molar-refractivity contribution in [3.63, 3.8) is 0 Å². The van der Waals surface area contributed by atoms with Crippen LogP contribution in [0.2, 0.25) is 0 Å². The van der Waals surface area contributed by atoms with Gasteiger partial charge in [0.15, 0.2) is 0 Å². The lowest BCUT2D eigenvalue weighted by molar-refractivity contribution is -0.145. The first-order valence-electron chi connectivity index (χ1n) is 6.83. The fraction of sp³-hybridized carbons (Fsp3) is 0.533. The number of nitrogens with one attached hydrogen (secondary N) is 1. The van der Waals surface area contributed by atoms with Crippen molar-refractivity contribution in [1.29, 1.82) is 0 Å². The van der Waals surface area contributed by atoms with Crippen LogP contribution in [-0.2, 0) is 9.53 Å². The molecule has 0 saturated heterocycles. The van der Waals surface area contributed by atoms with Gasteiger partial charge in [0.05, 0.1) is 26.9 Å². The van der Waals surface area contributed by atoms with E-state index in [0.29, 0.717) is 23.7 Å². The molecule has 0 radical (unpaired) electrons. The van der Waals surface area contributed by atoms with Crippen LogP contribution in [0.15, 0.2) is 18.2 Å². The first-order chi connectivity index (χ1) is 10.0. The lowest BCUT2D eigenvalue weighted by atomic mass is 10.1. The molecule has 0 aliphatic carbocycles. The average Bonchev–Trinajstić information content (AvgIpc) is 2.51. The molecule has 0 saturated carbocycles. The predicted molar refractivity (Wildman–Crippen MR) is 78.6 cm³/mol. The molecule has 0 bridgehead atoms. The van der Waals surface area contributed by atoms with Crippen LogP contribution in [0.3, 0.4) is 0 Å². The highest BCUT2D eigenvalue weighted by atomic mass is 16.5. The summed E-state index contributed by atoms with van der Waals surface area (Å²) in [5, 5.41) is 13.2. The van der Waals surface area contributed by atoms with E-state index in [-0.39, 0.29) is 12.5 Å². The number of hydrogen-bond donors (Lipinski definition) is 2. The van der Waals surface area contributed by atoms with E-state index < -0.39 is 12.1 Å². The molecule has 2 N–H and O–H groups in total. The van der Waals surface area contributed by atoms with Crippen molar-refractivity contribution in [2.24, 2.45) is 0 Å². The Kier molecular flexibility index (Phi) is 6.98. The molecule has 0 aliphatic heterocycles. The summed E-state index contributed by atoms with van der Waals surface area (Å²) in [6, 6.07) is 4.70. The van der Waals surface area contributed by atoms with Crippen LogP contribution in [0.5, 0.6) is 11.5 Å². The molecule has 1 aromatic rings. The minimum atomic E-state index is -0.827. The number of benzene rings is 1. The molecule has 1 aromatic carbocycles. The molecule has 0 amide bonds. The summed E-state index contributed by atoms with van der Waals surface area (Å²) in [4.78, 5) is 11.5. The highest BCUT2D eigenvalue weighted by Gasteiger charge is 2.18. The molecule has 6 nitrogen and oxygen atoms in total. The number of hydrogen-bond acceptors (Lipinski definition) is 6. The molecule has 21 heavy (non-hydrogen) atoms. The maximum atomic E-state index is 11.5. The van der Waals surface area contributed by atoms with E-state index in [4.69, 9.17) is 14.2 Å². The number of esters is 1. The van der Waals surface area contributed by atoms with Gasteiger partial charge in [-0.05, 0) is 32.0 Å². The highest BCUT2D eigenvalue weighted by Crippen LogP contribution is 2.29. The van der Waals surface area contributed by atoms with E-state index in [1.807, 2.05) is 0 Å². The van der Waals surface area contributed by atoms with Crippen molar-refractivity contribution < 1.29 is 24.1 Å². The van der Waals surface area contributed by atoms with Gasteiger partial charge in [0.1, 0.15) is 17.5 Å². The van der Waals surface area contributed by atoms with Gasteiger partial charge >= 0.3 is 5.97 Å². The third kappa shape index (κ3) is 4.91. The quantitative estimate of drug-likeness (QED) is 0.704. The lowest BCUT2D eigenvalue weighted by Crippen LogP contribution is -2.37. The minimum absolute atomic E-state index is 0.198. The minimum Gasteiger partial charge on any atom is -0.497 e. The van der Waals surface area contributed by atoms with E-state index in [0.717, 1.165) is 0 Å². The van der Waals surface area contributed by atoms with Crippen molar-refractivity contribution >= 4 is 5.97 Å². The summed E-state index contributed by atoms with van der Waals surface area (Å²) < 4.78 is 15.3. The Balaban J connectivity index is 2.70. The van der Waals surface area contributed by atoms with Gasteiger partial charge in [-0.1, -0.05) is 0 Å². The topological polar surface area (TPSA) is 77.0 Å². The normalized spacial score (nSPS) is 13.4. The van der Waals surface area contributed by atoms with Gasteiger partial charge in [0.2, 0.25) is 0 Å². The van der Waals surface area contributed by atoms with Crippen LogP contribution < -0.4 is 14.8 Å². The largest absolute Gasteiger partial charge is 0.497 e. The summed E-state index contributed by atoms with van der Waals surface area (Å²) in [7, 11) is 3.09.